The van der Waals surface area contributed by atoms with Crippen LogP contribution in [0.2, 0.25) is 0 Å². The molecule has 0 saturated heterocycles. The highest BCUT2D eigenvalue weighted by molar-refractivity contribution is 5.83. The van der Waals surface area contributed by atoms with Gasteiger partial charge in [-0.1, -0.05) is 30.3 Å². The van der Waals surface area contributed by atoms with E-state index in [2.05, 4.69) is 4.74 Å². The fraction of sp³-hybridized carbons (Fsp3) is 0.333. The van der Waals surface area contributed by atoms with E-state index in [1.54, 1.807) is 0 Å². The molecule has 0 aliphatic heterocycles. The molecule has 4 N–H and O–H groups in total. The average Bonchev–Trinajstić information content (AvgIpc) is 2.39. The van der Waals surface area contributed by atoms with E-state index in [0.717, 1.165) is 5.56 Å². The van der Waals surface area contributed by atoms with Gasteiger partial charge >= 0.3 is 12.0 Å². The van der Waals surface area contributed by atoms with Crippen molar-refractivity contribution in [2.45, 2.75) is 12.6 Å². The number of rotatable bonds is 5. The van der Waals surface area contributed by atoms with Crippen molar-refractivity contribution in [2.24, 2.45) is 11.5 Å². The second-order valence-corrected chi connectivity index (χ2v) is 3.73. The maximum atomic E-state index is 11.5. The van der Waals surface area contributed by atoms with E-state index in [-0.39, 0.29) is 13.1 Å². The van der Waals surface area contributed by atoms with Crippen LogP contribution in [0.3, 0.4) is 0 Å². The van der Waals surface area contributed by atoms with Gasteiger partial charge in [0.2, 0.25) is 0 Å². The maximum absolute atomic E-state index is 11.5. The van der Waals surface area contributed by atoms with Crippen LogP contribution in [0, 0.1) is 0 Å². The Balaban J connectivity index is 2.88. The standard InChI is InChI=1S/C12H17N3O3/c1-18-11(16)10(7-13)15(12(14)17)8-9-5-3-2-4-6-9/h2-6,10H,7-8,13H2,1H3,(H2,14,17). The monoisotopic (exact) mass is 251 g/mol. The number of hydrogen-bond acceptors (Lipinski definition) is 4. The van der Waals surface area contributed by atoms with Crippen LogP contribution in [0.4, 0.5) is 4.79 Å². The van der Waals surface area contributed by atoms with Gasteiger partial charge in [0.25, 0.3) is 0 Å². The number of urea groups is 1. The van der Waals surface area contributed by atoms with Crippen LogP contribution >= 0.6 is 0 Å². The van der Waals surface area contributed by atoms with Crippen molar-refractivity contribution in [3.8, 4) is 0 Å². The molecule has 0 aliphatic rings. The first-order valence-electron chi connectivity index (χ1n) is 5.48. The average molecular weight is 251 g/mol. The summed E-state index contributed by atoms with van der Waals surface area (Å²) in [5.74, 6) is -0.577. The van der Waals surface area contributed by atoms with E-state index in [1.165, 1.54) is 12.0 Å². The molecule has 6 nitrogen and oxygen atoms in total. The van der Waals surface area contributed by atoms with Crippen LogP contribution in [0.25, 0.3) is 0 Å². The number of carbonyl (C=O) groups excluding carboxylic acids is 2. The molecule has 0 aliphatic carbocycles. The van der Waals surface area contributed by atoms with Crippen LogP contribution in [-0.4, -0.2) is 36.6 Å². The van der Waals surface area contributed by atoms with Crippen molar-refractivity contribution in [2.75, 3.05) is 13.7 Å². The van der Waals surface area contributed by atoms with Crippen LogP contribution < -0.4 is 11.5 Å². The predicted octanol–water partition coefficient (Wildman–Crippen LogP) is 0.0676. The number of ether oxygens (including phenoxy) is 1. The smallest absolute Gasteiger partial charge is 0.329 e. The largest absolute Gasteiger partial charge is 0.467 e. The zero-order chi connectivity index (χ0) is 13.5. The van der Waals surface area contributed by atoms with E-state index in [0.29, 0.717) is 0 Å². The number of hydrogen-bond donors (Lipinski definition) is 2. The number of amides is 2. The predicted molar refractivity (Wildman–Crippen MR) is 66.4 cm³/mol. The lowest BCUT2D eigenvalue weighted by atomic mass is 10.2. The summed E-state index contributed by atoms with van der Waals surface area (Å²) < 4.78 is 4.60. The van der Waals surface area contributed by atoms with Gasteiger partial charge in [0.15, 0.2) is 0 Å². The number of methoxy groups -OCH3 is 1. The summed E-state index contributed by atoms with van der Waals surface area (Å²) in [5.41, 5.74) is 11.6. The Morgan fingerprint density at radius 3 is 2.39 bits per heavy atom. The van der Waals surface area contributed by atoms with Crippen molar-refractivity contribution in [3.63, 3.8) is 0 Å². The van der Waals surface area contributed by atoms with Gasteiger partial charge in [0.05, 0.1) is 7.11 Å². The minimum absolute atomic E-state index is 0.0392. The summed E-state index contributed by atoms with van der Waals surface area (Å²) >= 11 is 0. The molecular formula is C12H17N3O3. The lowest BCUT2D eigenvalue weighted by Gasteiger charge is -2.27. The fourth-order valence-electron chi connectivity index (χ4n) is 1.61. The van der Waals surface area contributed by atoms with Gasteiger partial charge in [-0.25, -0.2) is 9.59 Å². The molecule has 0 fully saturated rings. The van der Waals surface area contributed by atoms with Gasteiger partial charge < -0.3 is 21.1 Å². The van der Waals surface area contributed by atoms with Crippen LogP contribution in [-0.2, 0) is 16.1 Å². The highest BCUT2D eigenvalue weighted by Crippen LogP contribution is 2.08. The van der Waals surface area contributed by atoms with E-state index in [4.69, 9.17) is 11.5 Å². The second-order valence-electron chi connectivity index (χ2n) is 3.73. The molecule has 0 aromatic heterocycles. The highest BCUT2D eigenvalue weighted by atomic mass is 16.5. The molecule has 0 radical (unpaired) electrons. The Morgan fingerprint density at radius 2 is 1.94 bits per heavy atom. The Labute approximate surface area is 105 Å². The third-order valence-corrected chi connectivity index (χ3v) is 2.55. The van der Waals surface area contributed by atoms with Crippen molar-refractivity contribution in [1.82, 2.24) is 4.90 Å². The third-order valence-electron chi connectivity index (χ3n) is 2.55. The first-order valence-corrected chi connectivity index (χ1v) is 5.48. The molecule has 0 heterocycles. The van der Waals surface area contributed by atoms with Crippen molar-refractivity contribution < 1.29 is 14.3 Å². The summed E-state index contributed by atoms with van der Waals surface area (Å²) in [6.07, 6.45) is 0. The van der Waals surface area contributed by atoms with Gasteiger partial charge in [0.1, 0.15) is 6.04 Å². The summed E-state index contributed by atoms with van der Waals surface area (Å²) in [5, 5.41) is 0. The summed E-state index contributed by atoms with van der Waals surface area (Å²) in [6, 6.07) is 7.63. The molecule has 6 heteroatoms. The van der Waals surface area contributed by atoms with E-state index in [9.17, 15) is 9.59 Å². The molecule has 1 rings (SSSR count). The van der Waals surface area contributed by atoms with E-state index < -0.39 is 18.0 Å². The first kappa shape index (κ1) is 14.0. The highest BCUT2D eigenvalue weighted by Gasteiger charge is 2.28. The lowest BCUT2D eigenvalue weighted by molar-refractivity contribution is -0.145. The Morgan fingerprint density at radius 1 is 1.33 bits per heavy atom. The second kappa shape index (κ2) is 6.61. The van der Waals surface area contributed by atoms with Crippen molar-refractivity contribution in [3.05, 3.63) is 35.9 Å². The number of nitrogens with two attached hydrogens (primary N) is 2. The number of nitrogens with zero attached hydrogens (tertiary/aromatic N) is 1. The van der Waals surface area contributed by atoms with Gasteiger partial charge in [-0.05, 0) is 5.56 Å². The Hall–Kier alpha value is -2.08. The van der Waals surface area contributed by atoms with Gasteiger partial charge in [-0.15, -0.1) is 0 Å². The zero-order valence-corrected chi connectivity index (χ0v) is 10.2. The number of primary amides is 1. The summed E-state index contributed by atoms with van der Waals surface area (Å²) in [6.45, 7) is 0.176. The molecule has 0 bridgehead atoms. The molecule has 1 aromatic rings. The van der Waals surface area contributed by atoms with Crippen molar-refractivity contribution in [1.29, 1.82) is 0 Å². The van der Waals surface area contributed by atoms with Crippen molar-refractivity contribution >= 4 is 12.0 Å². The lowest BCUT2D eigenvalue weighted by Crippen LogP contribution is -2.51. The number of esters is 1. The van der Waals surface area contributed by atoms with Crippen LogP contribution in [0.1, 0.15) is 5.56 Å². The van der Waals surface area contributed by atoms with E-state index in [1.807, 2.05) is 30.3 Å². The summed E-state index contributed by atoms with van der Waals surface area (Å²) in [4.78, 5) is 24.1. The Kier molecular flexibility index (Phi) is 5.13. The molecule has 0 saturated carbocycles. The molecule has 2 amide bonds. The van der Waals surface area contributed by atoms with Gasteiger partial charge in [-0.2, -0.15) is 0 Å². The quantitative estimate of drug-likeness (QED) is 0.723. The summed E-state index contributed by atoms with van der Waals surface area (Å²) in [7, 11) is 1.24. The molecule has 1 unspecified atom stereocenters. The fourth-order valence-corrected chi connectivity index (χ4v) is 1.61. The van der Waals surface area contributed by atoms with Gasteiger partial charge in [-0.3, -0.25) is 0 Å². The molecule has 1 atom stereocenters. The van der Waals surface area contributed by atoms with Gasteiger partial charge in [0, 0.05) is 13.1 Å². The zero-order valence-electron chi connectivity index (χ0n) is 10.2. The molecule has 18 heavy (non-hydrogen) atoms. The maximum Gasteiger partial charge on any atom is 0.329 e. The first-order chi connectivity index (χ1) is 8.60. The third kappa shape index (κ3) is 3.46. The minimum atomic E-state index is -0.868. The number of carbonyl (C=O) groups is 2. The molecule has 0 spiro atoms. The minimum Gasteiger partial charge on any atom is -0.467 e. The SMILES string of the molecule is COC(=O)C(CN)N(Cc1ccccc1)C(N)=O. The molecular weight excluding hydrogens is 234 g/mol. The Bertz CT molecular complexity index is 408. The normalized spacial score (nSPS) is 11.7. The number of benzene rings is 1. The van der Waals surface area contributed by atoms with Crippen LogP contribution in [0.15, 0.2) is 30.3 Å². The topological polar surface area (TPSA) is 98.7 Å². The molecule has 98 valence electrons. The van der Waals surface area contributed by atoms with Crippen LogP contribution in [0.5, 0.6) is 0 Å². The molecule has 1 aromatic carbocycles. The van der Waals surface area contributed by atoms with E-state index >= 15 is 0 Å².